The van der Waals surface area contributed by atoms with Crippen molar-refractivity contribution in [3.63, 3.8) is 0 Å². The van der Waals surface area contributed by atoms with E-state index in [2.05, 4.69) is 20.8 Å². The van der Waals surface area contributed by atoms with Gasteiger partial charge >= 0.3 is 0 Å². The maximum Gasteiger partial charge on any atom is 0.230 e. The van der Waals surface area contributed by atoms with Crippen molar-refractivity contribution in [2.24, 2.45) is 0 Å². The summed E-state index contributed by atoms with van der Waals surface area (Å²) < 4.78 is 11.1. The average molecular weight is 417 g/mol. The first kappa shape index (κ1) is 20.0. The zero-order valence-electron chi connectivity index (χ0n) is 15.5. The Kier molecular flexibility index (Phi) is 7.10. The minimum Gasteiger partial charge on any atom is -0.497 e. The first-order chi connectivity index (χ1) is 13.7. The highest BCUT2D eigenvalue weighted by Crippen LogP contribution is 2.28. The van der Waals surface area contributed by atoms with E-state index in [0.717, 1.165) is 27.1 Å². The summed E-state index contributed by atoms with van der Waals surface area (Å²) in [7, 11) is 3.24. The average Bonchev–Trinajstić information content (AvgIpc) is 3.18. The lowest BCUT2D eigenvalue weighted by Crippen LogP contribution is -2.24. The molecule has 0 fully saturated rings. The normalized spacial score (nSPS) is 10.4. The lowest BCUT2D eigenvalue weighted by Gasteiger charge is -2.09. The van der Waals surface area contributed by atoms with Crippen molar-refractivity contribution >= 4 is 39.8 Å². The van der Waals surface area contributed by atoms with Crippen LogP contribution in [0.5, 0.6) is 11.5 Å². The van der Waals surface area contributed by atoms with Crippen LogP contribution in [0.3, 0.4) is 0 Å². The highest BCUT2D eigenvalue weighted by molar-refractivity contribution is 8.01. The number of carbonyl (C=O) groups excluding carboxylic acids is 1. The first-order valence-corrected chi connectivity index (χ1v) is 10.2. The van der Waals surface area contributed by atoms with Gasteiger partial charge in [-0.1, -0.05) is 41.3 Å². The number of aromatic nitrogens is 2. The molecular weight excluding hydrogens is 396 g/mol. The van der Waals surface area contributed by atoms with Crippen molar-refractivity contribution in [3.8, 4) is 11.5 Å². The molecule has 146 valence electrons. The summed E-state index contributed by atoms with van der Waals surface area (Å²) in [5, 5.41) is 15.0. The molecule has 1 amide bonds. The summed E-state index contributed by atoms with van der Waals surface area (Å²) in [5.74, 6) is 1.74. The van der Waals surface area contributed by atoms with Gasteiger partial charge in [0.15, 0.2) is 4.34 Å². The molecule has 0 spiro atoms. The summed E-state index contributed by atoms with van der Waals surface area (Å²) in [6.45, 7) is 0.420. The van der Waals surface area contributed by atoms with Crippen LogP contribution >= 0.6 is 23.1 Å². The van der Waals surface area contributed by atoms with Crippen LogP contribution in [0.4, 0.5) is 10.8 Å². The van der Waals surface area contributed by atoms with Gasteiger partial charge in [0.05, 0.1) is 20.0 Å². The van der Waals surface area contributed by atoms with Crippen LogP contribution in [0.1, 0.15) is 5.56 Å². The van der Waals surface area contributed by atoms with E-state index in [4.69, 9.17) is 9.47 Å². The van der Waals surface area contributed by atoms with Crippen LogP contribution in [0.2, 0.25) is 0 Å². The predicted molar refractivity (Wildman–Crippen MR) is 112 cm³/mol. The number of methoxy groups -OCH3 is 2. The number of benzene rings is 2. The number of hydrogen-bond donors (Lipinski definition) is 2. The lowest BCUT2D eigenvalue weighted by molar-refractivity contribution is -0.118. The van der Waals surface area contributed by atoms with Gasteiger partial charge in [-0.2, -0.15) is 0 Å². The number of thioether (sulfide) groups is 1. The molecule has 0 aliphatic rings. The second kappa shape index (κ2) is 9.95. The highest BCUT2D eigenvalue weighted by Gasteiger charge is 2.09. The SMILES string of the molecule is COc1ccc(Nc2nnc(SCC(=O)NCc3ccccc3OC)s2)cc1. The molecule has 3 aromatic rings. The van der Waals surface area contributed by atoms with Gasteiger partial charge in [0.2, 0.25) is 11.0 Å². The molecule has 0 aliphatic carbocycles. The van der Waals surface area contributed by atoms with Gasteiger partial charge in [0.1, 0.15) is 11.5 Å². The van der Waals surface area contributed by atoms with Crippen LogP contribution in [-0.2, 0) is 11.3 Å². The summed E-state index contributed by atoms with van der Waals surface area (Å²) >= 11 is 2.75. The Balaban J connectivity index is 1.46. The summed E-state index contributed by atoms with van der Waals surface area (Å²) in [4.78, 5) is 12.1. The molecule has 3 rings (SSSR count). The Hall–Kier alpha value is -2.78. The minimum absolute atomic E-state index is 0.0734. The summed E-state index contributed by atoms with van der Waals surface area (Å²) in [5.41, 5.74) is 1.83. The number of amides is 1. The molecule has 9 heteroatoms. The monoisotopic (exact) mass is 416 g/mol. The maximum atomic E-state index is 12.1. The first-order valence-electron chi connectivity index (χ1n) is 8.44. The molecule has 28 heavy (non-hydrogen) atoms. The van der Waals surface area contributed by atoms with Gasteiger partial charge in [0, 0.05) is 17.8 Å². The van der Waals surface area contributed by atoms with Crippen LogP contribution < -0.4 is 20.1 Å². The molecule has 0 saturated carbocycles. The van der Waals surface area contributed by atoms with E-state index in [9.17, 15) is 4.79 Å². The van der Waals surface area contributed by atoms with Crippen molar-refractivity contribution in [2.75, 3.05) is 25.3 Å². The third-order valence-corrected chi connectivity index (χ3v) is 5.72. The quantitative estimate of drug-likeness (QED) is 0.514. The lowest BCUT2D eigenvalue weighted by atomic mass is 10.2. The molecular formula is C19H20N4O3S2. The fraction of sp³-hybridized carbons (Fsp3) is 0.211. The number of hydrogen-bond acceptors (Lipinski definition) is 8. The molecule has 0 radical (unpaired) electrons. The van der Waals surface area contributed by atoms with E-state index in [0.29, 0.717) is 11.7 Å². The zero-order valence-corrected chi connectivity index (χ0v) is 17.1. The number of anilines is 2. The Labute approximate surface area is 171 Å². The van der Waals surface area contributed by atoms with E-state index in [-0.39, 0.29) is 11.7 Å². The Morgan fingerprint density at radius 3 is 2.61 bits per heavy atom. The van der Waals surface area contributed by atoms with Crippen molar-refractivity contribution in [1.29, 1.82) is 0 Å². The maximum absolute atomic E-state index is 12.1. The molecule has 0 bridgehead atoms. The molecule has 7 nitrogen and oxygen atoms in total. The molecule has 0 atom stereocenters. The van der Waals surface area contributed by atoms with Crippen LogP contribution in [-0.4, -0.2) is 36.1 Å². The van der Waals surface area contributed by atoms with Crippen LogP contribution in [0.25, 0.3) is 0 Å². The summed E-state index contributed by atoms with van der Waals surface area (Å²) in [6, 6.07) is 15.1. The second-order valence-electron chi connectivity index (χ2n) is 5.60. The smallest absolute Gasteiger partial charge is 0.230 e. The Bertz CT molecular complexity index is 916. The molecule has 0 aliphatic heterocycles. The molecule has 1 heterocycles. The molecule has 0 unspecified atom stereocenters. The fourth-order valence-corrected chi connectivity index (χ4v) is 3.94. The number of rotatable bonds is 9. The number of nitrogens with zero attached hydrogens (tertiary/aromatic N) is 2. The van der Waals surface area contributed by atoms with E-state index in [1.165, 1.54) is 23.1 Å². The van der Waals surface area contributed by atoms with Gasteiger partial charge in [-0.15, -0.1) is 10.2 Å². The Morgan fingerprint density at radius 1 is 1.07 bits per heavy atom. The zero-order chi connectivity index (χ0) is 19.8. The standard InChI is InChI=1S/C19H20N4O3S2/c1-25-15-9-7-14(8-10-15)21-18-22-23-19(28-18)27-12-17(24)20-11-13-5-3-4-6-16(13)26-2/h3-10H,11-12H2,1-2H3,(H,20,24)(H,21,22). The van der Waals surface area contributed by atoms with E-state index < -0.39 is 0 Å². The van der Waals surface area contributed by atoms with Crippen LogP contribution in [0.15, 0.2) is 52.9 Å². The second-order valence-corrected chi connectivity index (χ2v) is 7.80. The fourth-order valence-electron chi connectivity index (χ4n) is 2.34. The molecule has 0 saturated heterocycles. The minimum atomic E-state index is -0.0734. The van der Waals surface area contributed by atoms with Gasteiger partial charge in [-0.25, -0.2) is 0 Å². The van der Waals surface area contributed by atoms with Crippen LogP contribution in [0, 0.1) is 0 Å². The topological polar surface area (TPSA) is 85.4 Å². The number of nitrogens with one attached hydrogen (secondary N) is 2. The van der Waals surface area contributed by atoms with Crippen molar-refractivity contribution < 1.29 is 14.3 Å². The third-order valence-electron chi connectivity index (χ3n) is 3.74. The van der Waals surface area contributed by atoms with Gasteiger partial charge in [-0.05, 0) is 30.3 Å². The number of carbonyl (C=O) groups is 1. The van der Waals surface area contributed by atoms with Gasteiger partial charge < -0.3 is 20.1 Å². The van der Waals surface area contributed by atoms with Crippen molar-refractivity contribution in [2.45, 2.75) is 10.9 Å². The van der Waals surface area contributed by atoms with E-state index in [1.54, 1.807) is 14.2 Å². The summed E-state index contributed by atoms with van der Waals surface area (Å²) in [6.07, 6.45) is 0. The van der Waals surface area contributed by atoms with E-state index >= 15 is 0 Å². The van der Waals surface area contributed by atoms with Crippen molar-refractivity contribution in [3.05, 3.63) is 54.1 Å². The van der Waals surface area contributed by atoms with E-state index in [1.807, 2.05) is 48.5 Å². The Morgan fingerprint density at radius 2 is 1.86 bits per heavy atom. The van der Waals surface area contributed by atoms with Gasteiger partial charge in [-0.3, -0.25) is 4.79 Å². The van der Waals surface area contributed by atoms with Crippen molar-refractivity contribution in [1.82, 2.24) is 15.5 Å². The number of ether oxygens (including phenoxy) is 2. The van der Waals surface area contributed by atoms with Gasteiger partial charge in [0.25, 0.3) is 0 Å². The molecule has 1 aromatic heterocycles. The highest BCUT2D eigenvalue weighted by atomic mass is 32.2. The largest absolute Gasteiger partial charge is 0.497 e. The number of para-hydroxylation sites is 1. The third kappa shape index (κ3) is 5.61. The predicted octanol–water partition coefficient (Wildman–Crippen LogP) is 3.71. The molecule has 2 aromatic carbocycles. The molecule has 2 N–H and O–H groups in total.